The molecule has 2 heterocycles. The van der Waals surface area contributed by atoms with Gasteiger partial charge in [-0.2, -0.15) is 0 Å². The Kier molecular flexibility index (Phi) is 3.86. The fourth-order valence-electron chi connectivity index (χ4n) is 2.10. The predicted molar refractivity (Wildman–Crippen MR) is 59.2 cm³/mol. The summed E-state index contributed by atoms with van der Waals surface area (Å²) in [6, 6.07) is 0. The smallest absolute Gasteiger partial charge is 0.332 e. The molecule has 0 radical (unpaired) electrons. The van der Waals surface area contributed by atoms with Gasteiger partial charge in [0, 0.05) is 11.8 Å². The van der Waals surface area contributed by atoms with Crippen LogP contribution in [-0.4, -0.2) is 48.7 Å². The van der Waals surface area contributed by atoms with Gasteiger partial charge in [0.1, 0.15) is 12.2 Å². The molecule has 0 bridgehead atoms. The highest BCUT2D eigenvalue weighted by Gasteiger charge is 2.51. The molecule has 0 unspecified atom stereocenters. The average Bonchev–Trinajstić information content (AvgIpc) is 2.81. The molecule has 2 saturated heterocycles. The van der Waals surface area contributed by atoms with Crippen LogP contribution in [0.1, 0.15) is 6.92 Å². The Morgan fingerprint density at radius 2 is 1.95 bits per heavy atom. The van der Waals surface area contributed by atoms with Gasteiger partial charge in [-0.3, -0.25) is 0 Å². The molecule has 0 aromatic heterocycles. The molecule has 2 aliphatic heterocycles. The van der Waals surface area contributed by atoms with Gasteiger partial charge in [-0.1, -0.05) is 0 Å². The second-order valence-corrected chi connectivity index (χ2v) is 4.33. The molecular formula is C10H14N2O7. The number of esters is 1. The van der Waals surface area contributed by atoms with Crippen LogP contribution in [0.2, 0.25) is 0 Å². The van der Waals surface area contributed by atoms with E-state index >= 15 is 0 Å². The van der Waals surface area contributed by atoms with Crippen LogP contribution in [0.25, 0.3) is 0 Å². The van der Waals surface area contributed by atoms with E-state index < -0.39 is 35.5 Å². The molecule has 9 nitrogen and oxygen atoms in total. The van der Waals surface area contributed by atoms with Gasteiger partial charge >= 0.3 is 5.97 Å². The van der Waals surface area contributed by atoms with E-state index in [1.165, 1.54) is 0 Å². The summed E-state index contributed by atoms with van der Waals surface area (Å²) in [6.07, 6.45) is -1.43. The number of rotatable bonds is 4. The Morgan fingerprint density at radius 3 is 2.53 bits per heavy atom. The monoisotopic (exact) mass is 274 g/mol. The van der Waals surface area contributed by atoms with E-state index in [0.717, 1.165) is 6.08 Å². The van der Waals surface area contributed by atoms with Gasteiger partial charge in [-0.05, 0) is 6.92 Å². The quantitative estimate of drug-likeness (QED) is 0.304. The fraction of sp³-hybridized carbons (Fsp3) is 0.700. The van der Waals surface area contributed by atoms with Crippen molar-refractivity contribution in [2.45, 2.75) is 31.3 Å². The molecule has 0 aromatic carbocycles. The Labute approximate surface area is 108 Å². The van der Waals surface area contributed by atoms with Crippen molar-refractivity contribution in [2.75, 3.05) is 13.2 Å². The molecule has 2 fully saturated rings. The van der Waals surface area contributed by atoms with Crippen molar-refractivity contribution in [3.63, 3.8) is 0 Å². The van der Waals surface area contributed by atoms with Gasteiger partial charge in [0.25, 0.3) is 5.09 Å². The minimum Gasteiger partial charge on any atom is -0.454 e. The normalized spacial score (nSPS) is 33.8. The number of allylic oxidation sites excluding steroid dienone is 1. The van der Waals surface area contributed by atoms with Crippen molar-refractivity contribution in [3.8, 4) is 0 Å². The second kappa shape index (κ2) is 5.41. The topological polar surface area (TPSA) is 123 Å². The van der Waals surface area contributed by atoms with Crippen molar-refractivity contribution < 1.29 is 28.9 Å². The van der Waals surface area contributed by atoms with E-state index in [1.54, 1.807) is 6.92 Å². The van der Waals surface area contributed by atoms with E-state index in [9.17, 15) is 14.9 Å². The molecule has 19 heavy (non-hydrogen) atoms. The van der Waals surface area contributed by atoms with E-state index in [0.29, 0.717) is 5.70 Å². The van der Waals surface area contributed by atoms with Crippen molar-refractivity contribution in [3.05, 3.63) is 21.9 Å². The van der Waals surface area contributed by atoms with Gasteiger partial charge in [-0.25, -0.2) is 4.79 Å². The number of nitrogens with two attached hydrogens (primary N) is 1. The average molecular weight is 274 g/mol. The lowest BCUT2D eigenvalue weighted by Gasteiger charge is -2.15. The van der Waals surface area contributed by atoms with Crippen LogP contribution < -0.4 is 5.73 Å². The van der Waals surface area contributed by atoms with Crippen molar-refractivity contribution >= 4 is 5.97 Å². The minimum absolute atomic E-state index is 0.0239. The second-order valence-electron chi connectivity index (χ2n) is 4.33. The molecule has 106 valence electrons. The third-order valence-corrected chi connectivity index (χ3v) is 2.80. The summed E-state index contributed by atoms with van der Waals surface area (Å²) >= 11 is 0. The molecule has 0 amide bonds. The summed E-state index contributed by atoms with van der Waals surface area (Å²) in [4.78, 5) is 26.2. The van der Waals surface area contributed by atoms with Gasteiger partial charge in [0.05, 0.1) is 13.2 Å². The van der Waals surface area contributed by atoms with Crippen molar-refractivity contribution in [1.29, 1.82) is 0 Å². The van der Waals surface area contributed by atoms with Crippen molar-refractivity contribution in [2.24, 2.45) is 5.73 Å². The Morgan fingerprint density at radius 1 is 1.37 bits per heavy atom. The first-order chi connectivity index (χ1) is 8.97. The standard InChI is InChI=1S/C10H14N2O7/c1-5(11)2-8(13)18-6-3-16-10-7(19-12(14)15)4-17-9(6)10/h2,6-7,9-10H,3-4,11H2,1H3/b5-2-/t6-,7+,9+,10+/m0/s1. The summed E-state index contributed by atoms with van der Waals surface area (Å²) in [5, 5.41) is 9.40. The highest BCUT2D eigenvalue weighted by atomic mass is 17.0. The number of hydrogen-bond donors (Lipinski definition) is 1. The van der Waals surface area contributed by atoms with Gasteiger partial charge in [0.2, 0.25) is 0 Å². The van der Waals surface area contributed by atoms with Gasteiger partial charge < -0.3 is 24.8 Å². The number of fused-ring (bicyclic) bond motifs is 1. The largest absolute Gasteiger partial charge is 0.454 e. The number of ether oxygens (including phenoxy) is 3. The van der Waals surface area contributed by atoms with Crippen molar-refractivity contribution in [1.82, 2.24) is 0 Å². The first-order valence-corrected chi connectivity index (χ1v) is 5.66. The van der Waals surface area contributed by atoms with Crippen LogP contribution in [0.4, 0.5) is 0 Å². The molecule has 0 aliphatic carbocycles. The zero-order valence-corrected chi connectivity index (χ0v) is 10.2. The van der Waals surface area contributed by atoms with Crippen LogP contribution in [0.3, 0.4) is 0 Å². The van der Waals surface area contributed by atoms with E-state index in [4.69, 9.17) is 19.9 Å². The summed E-state index contributed by atoms with van der Waals surface area (Å²) < 4.78 is 15.8. The van der Waals surface area contributed by atoms with Gasteiger partial charge in [-0.15, -0.1) is 10.1 Å². The molecule has 9 heteroatoms. The zero-order valence-electron chi connectivity index (χ0n) is 10.2. The first-order valence-electron chi connectivity index (χ1n) is 5.66. The number of nitrogens with zero attached hydrogens (tertiary/aromatic N) is 1. The van der Waals surface area contributed by atoms with E-state index in [1.807, 2.05) is 0 Å². The maximum atomic E-state index is 11.4. The summed E-state index contributed by atoms with van der Waals surface area (Å²) in [6.45, 7) is 1.69. The van der Waals surface area contributed by atoms with E-state index in [2.05, 4.69) is 4.84 Å². The molecular weight excluding hydrogens is 260 g/mol. The van der Waals surface area contributed by atoms with Crippen LogP contribution in [-0.2, 0) is 23.8 Å². The molecule has 2 aliphatic rings. The maximum Gasteiger partial charge on any atom is 0.332 e. The number of hydrogen-bond acceptors (Lipinski definition) is 8. The SMILES string of the molecule is C/C(N)=C/C(=O)O[C@H]1CO[C@H]2[C@@H]1OC[C@H]2O[N+](=O)[O-]. The third-order valence-electron chi connectivity index (χ3n) is 2.80. The highest BCUT2D eigenvalue weighted by molar-refractivity contribution is 5.82. The lowest BCUT2D eigenvalue weighted by molar-refractivity contribution is -0.769. The number of carbonyl (C=O) groups is 1. The lowest BCUT2D eigenvalue weighted by atomic mass is 10.1. The summed E-state index contributed by atoms with van der Waals surface area (Å²) in [7, 11) is 0. The highest BCUT2D eigenvalue weighted by Crippen LogP contribution is 2.30. The molecule has 0 saturated carbocycles. The summed E-state index contributed by atoms with van der Waals surface area (Å²) in [5.74, 6) is -0.600. The summed E-state index contributed by atoms with van der Waals surface area (Å²) in [5.41, 5.74) is 5.68. The lowest BCUT2D eigenvalue weighted by Crippen LogP contribution is -2.35. The Balaban J connectivity index is 1.92. The molecule has 2 rings (SSSR count). The predicted octanol–water partition coefficient (Wildman–Crippen LogP) is -0.865. The minimum atomic E-state index is -0.889. The molecule has 4 atom stereocenters. The number of carbonyl (C=O) groups excluding carboxylic acids is 1. The third kappa shape index (κ3) is 3.12. The van der Waals surface area contributed by atoms with Crippen LogP contribution >= 0.6 is 0 Å². The van der Waals surface area contributed by atoms with Crippen LogP contribution in [0.5, 0.6) is 0 Å². The van der Waals surface area contributed by atoms with Crippen LogP contribution in [0.15, 0.2) is 11.8 Å². The fourth-order valence-corrected chi connectivity index (χ4v) is 2.10. The Bertz CT molecular complexity index is 407. The maximum absolute atomic E-state index is 11.4. The molecule has 0 aromatic rings. The van der Waals surface area contributed by atoms with Gasteiger partial charge in [0.15, 0.2) is 12.2 Å². The Hall–Kier alpha value is -1.87. The first kappa shape index (κ1) is 13.6. The van der Waals surface area contributed by atoms with Crippen LogP contribution in [0, 0.1) is 10.1 Å². The van der Waals surface area contributed by atoms with E-state index in [-0.39, 0.29) is 13.2 Å². The molecule has 0 spiro atoms. The zero-order chi connectivity index (χ0) is 14.0. The molecule has 2 N–H and O–H groups in total.